The molecule has 0 bridgehead atoms. The van der Waals surface area contributed by atoms with E-state index in [0.29, 0.717) is 12.4 Å². The average molecular weight is 284 g/mol. The van der Waals surface area contributed by atoms with Gasteiger partial charge in [0.25, 0.3) is 0 Å². The Hall–Kier alpha value is -1.79. The fraction of sp³-hybridized carbons (Fsp3) is 0.333. The van der Waals surface area contributed by atoms with Crippen molar-refractivity contribution in [3.63, 3.8) is 0 Å². The van der Waals surface area contributed by atoms with Crippen LogP contribution < -0.4 is 10.1 Å². The highest BCUT2D eigenvalue weighted by atomic mass is 35.5. The van der Waals surface area contributed by atoms with Crippen molar-refractivity contribution in [2.45, 2.75) is 6.10 Å². The molecule has 0 saturated heterocycles. The SMILES string of the molecule is COc1nc(-c2cccc(NCC(O)CCl)c2)no1. The van der Waals surface area contributed by atoms with Crippen molar-refractivity contribution >= 4 is 17.3 Å². The minimum absolute atomic E-state index is 0.117. The second kappa shape index (κ2) is 6.40. The maximum Gasteiger partial charge on any atom is 0.417 e. The molecule has 0 aliphatic rings. The summed E-state index contributed by atoms with van der Waals surface area (Å²) in [6.07, 6.45) is -0.471. The van der Waals surface area contributed by atoms with Gasteiger partial charge in [-0.05, 0) is 12.1 Å². The molecule has 1 aromatic heterocycles. The van der Waals surface area contributed by atoms with Gasteiger partial charge in [0, 0.05) is 17.8 Å². The molecule has 0 radical (unpaired) electrons. The molecule has 0 aliphatic heterocycles. The first-order valence-electron chi connectivity index (χ1n) is 5.69. The summed E-state index contributed by atoms with van der Waals surface area (Å²) in [5.41, 5.74) is 1.63. The Morgan fingerprint density at radius 2 is 2.37 bits per heavy atom. The number of hydrogen-bond acceptors (Lipinski definition) is 6. The van der Waals surface area contributed by atoms with Crippen LogP contribution in [0.4, 0.5) is 5.69 Å². The van der Waals surface area contributed by atoms with Crippen LogP contribution in [0.3, 0.4) is 0 Å². The third-order valence-corrected chi connectivity index (χ3v) is 2.78. The molecule has 0 spiro atoms. The number of ether oxygens (including phenoxy) is 1. The molecule has 0 amide bonds. The van der Waals surface area contributed by atoms with Crippen LogP contribution in [-0.4, -0.2) is 40.9 Å². The van der Waals surface area contributed by atoms with Crippen LogP contribution in [0.25, 0.3) is 11.4 Å². The van der Waals surface area contributed by atoms with Crippen molar-refractivity contribution in [1.29, 1.82) is 0 Å². The molecule has 102 valence electrons. The van der Waals surface area contributed by atoms with E-state index in [-0.39, 0.29) is 12.0 Å². The first-order valence-corrected chi connectivity index (χ1v) is 6.22. The van der Waals surface area contributed by atoms with E-state index in [1.54, 1.807) is 0 Å². The molecule has 2 rings (SSSR count). The van der Waals surface area contributed by atoms with E-state index in [1.165, 1.54) is 7.11 Å². The maximum atomic E-state index is 9.39. The summed E-state index contributed by atoms with van der Waals surface area (Å²) in [4.78, 5) is 4.05. The van der Waals surface area contributed by atoms with Crippen LogP contribution in [-0.2, 0) is 0 Å². The lowest BCUT2D eigenvalue weighted by Gasteiger charge is -2.10. The van der Waals surface area contributed by atoms with Crippen LogP contribution in [0, 0.1) is 0 Å². The first-order chi connectivity index (χ1) is 9.22. The van der Waals surface area contributed by atoms with Crippen molar-refractivity contribution < 1.29 is 14.4 Å². The summed E-state index contributed by atoms with van der Waals surface area (Å²) in [5, 5.41) is 16.3. The second-order valence-corrected chi connectivity index (χ2v) is 4.17. The number of aliphatic hydroxyl groups excluding tert-OH is 1. The fourth-order valence-electron chi connectivity index (χ4n) is 1.47. The van der Waals surface area contributed by atoms with Crippen LogP contribution in [0.1, 0.15) is 0 Å². The lowest BCUT2D eigenvalue weighted by molar-refractivity contribution is 0.211. The molecule has 6 nitrogen and oxygen atoms in total. The Morgan fingerprint density at radius 1 is 1.53 bits per heavy atom. The molecule has 7 heteroatoms. The lowest BCUT2D eigenvalue weighted by Crippen LogP contribution is -2.20. The van der Waals surface area contributed by atoms with E-state index >= 15 is 0 Å². The predicted molar refractivity (Wildman–Crippen MR) is 71.5 cm³/mol. The third kappa shape index (κ3) is 3.59. The Balaban J connectivity index is 2.10. The van der Waals surface area contributed by atoms with Crippen molar-refractivity contribution in [2.75, 3.05) is 24.9 Å². The molecule has 0 saturated carbocycles. The highest BCUT2D eigenvalue weighted by Gasteiger charge is 2.09. The first kappa shape index (κ1) is 13.6. The van der Waals surface area contributed by atoms with Gasteiger partial charge in [0.2, 0.25) is 5.82 Å². The van der Waals surface area contributed by atoms with E-state index < -0.39 is 6.10 Å². The lowest BCUT2D eigenvalue weighted by atomic mass is 10.2. The largest absolute Gasteiger partial charge is 0.452 e. The number of nitrogens with zero attached hydrogens (tertiary/aromatic N) is 2. The number of anilines is 1. The quantitative estimate of drug-likeness (QED) is 0.786. The van der Waals surface area contributed by atoms with Crippen LogP contribution in [0.15, 0.2) is 28.8 Å². The minimum atomic E-state index is -0.587. The zero-order valence-corrected chi connectivity index (χ0v) is 11.1. The molecule has 0 aliphatic carbocycles. The summed E-state index contributed by atoms with van der Waals surface area (Å²) < 4.78 is 9.70. The maximum absolute atomic E-state index is 9.39. The molecular weight excluding hydrogens is 270 g/mol. The number of methoxy groups -OCH3 is 1. The summed E-state index contributed by atoms with van der Waals surface area (Å²) in [7, 11) is 1.46. The van der Waals surface area contributed by atoms with Crippen LogP contribution >= 0.6 is 11.6 Å². The Morgan fingerprint density at radius 3 is 3.05 bits per heavy atom. The Kier molecular flexibility index (Phi) is 4.59. The number of aromatic nitrogens is 2. The van der Waals surface area contributed by atoms with Crippen LogP contribution in [0.2, 0.25) is 0 Å². The summed E-state index contributed by atoms with van der Waals surface area (Å²) in [6, 6.07) is 7.44. The number of hydrogen-bond donors (Lipinski definition) is 2. The van der Waals surface area contributed by atoms with Gasteiger partial charge in [-0.2, -0.15) is 4.98 Å². The Labute approximate surface area is 115 Å². The number of alkyl halides is 1. The summed E-state index contributed by atoms with van der Waals surface area (Å²) >= 11 is 5.53. The molecule has 19 heavy (non-hydrogen) atoms. The van der Waals surface area contributed by atoms with E-state index in [0.717, 1.165) is 11.3 Å². The normalized spacial score (nSPS) is 12.2. The van der Waals surface area contributed by atoms with Crippen molar-refractivity contribution in [1.82, 2.24) is 10.1 Å². The van der Waals surface area contributed by atoms with Crippen molar-refractivity contribution in [3.8, 4) is 17.5 Å². The number of aliphatic hydroxyl groups is 1. The summed E-state index contributed by atoms with van der Waals surface area (Å²) in [5.74, 6) is 0.632. The zero-order valence-electron chi connectivity index (χ0n) is 10.3. The second-order valence-electron chi connectivity index (χ2n) is 3.86. The molecule has 1 atom stereocenters. The zero-order chi connectivity index (χ0) is 13.7. The van der Waals surface area contributed by atoms with Gasteiger partial charge in [0.15, 0.2) is 0 Å². The van der Waals surface area contributed by atoms with E-state index in [4.69, 9.17) is 20.9 Å². The Bertz CT molecular complexity index is 532. The van der Waals surface area contributed by atoms with Gasteiger partial charge >= 0.3 is 6.08 Å². The van der Waals surface area contributed by atoms with E-state index in [9.17, 15) is 5.11 Å². The number of nitrogens with one attached hydrogen (secondary N) is 1. The minimum Gasteiger partial charge on any atom is -0.452 e. The van der Waals surface area contributed by atoms with Crippen LogP contribution in [0.5, 0.6) is 6.08 Å². The van der Waals surface area contributed by atoms with Gasteiger partial charge in [-0.25, -0.2) is 0 Å². The van der Waals surface area contributed by atoms with E-state index in [2.05, 4.69) is 15.5 Å². The fourth-order valence-corrected chi connectivity index (χ4v) is 1.58. The molecule has 1 unspecified atom stereocenters. The molecule has 2 N–H and O–H groups in total. The summed E-state index contributed by atoms with van der Waals surface area (Å²) in [6.45, 7) is 0.377. The number of halogens is 1. The smallest absolute Gasteiger partial charge is 0.417 e. The van der Waals surface area contributed by atoms with Gasteiger partial charge in [-0.1, -0.05) is 17.3 Å². The standard InChI is InChI=1S/C12H14ClN3O3/c1-18-12-15-11(16-19-12)8-3-2-4-9(5-8)14-7-10(17)6-13/h2-5,10,14,17H,6-7H2,1H3. The highest BCUT2D eigenvalue weighted by molar-refractivity contribution is 6.18. The highest BCUT2D eigenvalue weighted by Crippen LogP contribution is 2.21. The van der Waals surface area contributed by atoms with Crippen molar-refractivity contribution in [2.24, 2.45) is 0 Å². The predicted octanol–water partition coefficient (Wildman–Crippen LogP) is 1.76. The average Bonchev–Trinajstić information content (AvgIpc) is 2.94. The number of rotatable bonds is 6. The third-order valence-electron chi connectivity index (χ3n) is 2.42. The molecule has 1 heterocycles. The molecule has 2 aromatic rings. The molecule has 0 fully saturated rings. The molecular formula is C12H14ClN3O3. The van der Waals surface area contributed by atoms with E-state index in [1.807, 2.05) is 24.3 Å². The van der Waals surface area contributed by atoms with Gasteiger partial charge in [-0.15, -0.1) is 11.6 Å². The van der Waals surface area contributed by atoms with Gasteiger partial charge in [0.1, 0.15) is 0 Å². The van der Waals surface area contributed by atoms with Gasteiger partial charge < -0.3 is 15.2 Å². The monoisotopic (exact) mass is 283 g/mol. The van der Waals surface area contributed by atoms with Gasteiger partial charge in [0.05, 0.1) is 19.1 Å². The topological polar surface area (TPSA) is 80.4 Å². The molecule has 1 aromatic carbocycles. The van der Waals surface area contributed by atoms with Crippen molar-refractivity contribution in [3.05, 3.63) is 24.3 Å². The van der Waals surface area contributed by atoms with Gasteiger partial charge in [-0.3, -0.25) is 4.52 Å². The number of benzene rings is 1.